The third kappa shape index (κ3) is 5.76. The summed E-state index contributed by atoms with van der Waals surface area (Å²) in [6, 6.07) is 8.58. The van der Waals surface area contributed by atoms with E-state index in [1.807, 2.05) is 7.05 Å². The minimum absolute atomic E-state index is 0. The number of nitrogens with zero attached hydrogens (tertiary/aromatic N) is 2. The minimum Gasteiger partial charge on any atom is -0.356 e. The van der Waals surface area contributed by atoms with Gasteiger partial charge in [0.05, 0.1) is 0 Å². The van der Waals surface area contributed by atoms with Crippen molar-refractivity contribution in [1.29, 1.82) is 0 Å². The van der Waals surface area contributed by atoms with Crippen LogP contribution in [-0.2, 0) is 13.0 Å². The molecule has 4 nitrogen and oxygen atoms in total. The van der Waals surface area contributed by atoms with E-state index in [0.717, 1.165) is 31.4 Å². The lowest BCUT2D eigenvalue weighted by atomic mass is 10.1. The van der Waals surface area contributed by atoms with E-state index in [4.69, 9.17) is 0 Å². The fraction of sp³-hybridized carbons (Fsp3) is 0.588. The highest BCUT2D eigenvalue weighted by Crippen LogP contribution is 2.12. The number of halogens is 1. The molecule has 0 aliphatic carbocycles. The van der Waals surface area contributed by atoms with Gasteiger partial charge in [0.2, 0.25) is 0 Å². The average Bonchev–Trinajstić information content (AvgIpc) is 2.93. The first-order chi connectivity index (χ1) is 10.2. The lowest BCUT2D eigenvalue weighted by Gasteiger charge is -2.16. The van der Waals surface area contributed by atoms with Crippen molar-refractivity contribution in [2.75, 3.05) is 33.7 Å². The second-order valence-corrected chi connectivity index (χ2v) is 5.85. The highest BCUT2D eigenvalue weighted by Gasteiger charge is 2.19. The molecule has 1 unspecified atom stereocenters. The fourth-order valence-corrected chi connectivity index (χ4v) is 2.91. The molecule has 2 rings (SSSR count). The molecular weight excluding hydrogens is 387 g/mol. The summed E-state index contributed by atoms with van der Waals surface area (Å²) in [4.78, 5) is 6.71. The van der Waals surface area contributed by atoms with Gasteiger partial charge >= 0.3 is 0 Å². The van der Waals surface area contributed by atoms with Crippen molar-refractivity contribution in [2.45, 2.75) is 26.3 Å². The van der Waals surface area contributed by atoms with E-state index in [0.29, 0.717) is 0 Å². The highest BCUT2D eigenvalue weighted by molar-refractivity contribution is 14.0. The topological polar surface area (TPSA) is 39.7 Å². The van der Waals surface area contributed by atoms with Crippen molar-refractivity contribution in [1.82, 2.24) is 15.5 Å². The Bertz CT molecular complexity index is 475. The number of hydrogen-bond acceptors (Lipinski definition) is 2. The molecule has 124 valence electrons. The van der Waals surface area contributed by atoms with Crippen LogP contribution in [-0.4, -0.2) is 44.6 Å². The van der Waals surface area contributed by atoms with Crippen molar-refractivity contribution in [3.63, 3.8) is 0 Å². The summed E-state index contributed by atoms with van der Waals surface area (Å²) in [6.45, 7) is 6.42. The lowest BCUT2D eigenvalue weighted by molar-refractivity contribution is 0.394. The number of hydrogen-bond donors (Lipinski definition) is 2. The molecule has 1 atom stereocenters. The van der Waals surface area contributed by atoms with Crippen LogP contribution < -0.4 is 10.6 Å². The molecule has 0 spiro atoms. The Balaban J connectivity index is 0.00000242. The van der Waals surface area contributed by atoms with E-state index in [2.05, 4.69) is 58.8 Å². The zero-order valence-corrected chi connectivity index (χ0v) is 16.3. The number of rotatable bonds is 5. The molecule has 0 aromatic heterocycles. The summed E-state index contributed by atoms with van der Waals surface area (Å²) in [5, 5.41) is 6.87. The molecule has 1 aliphatic heterocycles. The Hall–Kier alpha value is -0.820. The van der Waals surface area contributed by atoms with Gasteiger partial charge in [0.25, 0.3) is 0 Å². The monoisotopic (exact) mass is 416 g/mol. The van der Waals surface area contributed by atoms with Gasteiger partial charge in [-0.2, -0.15) is 0 Å². The Morgan fingerprint density at radius 1 is 1.27 bits per heavy atom. The number of likely N-dealkylation sites (tertiary alicyclic amines) is 1. The van der Waals surface area contributed by atoms with Gasteiger partial charge < -0.3 is 15.5 Å². The maximum atomic E-state index is 4.32. The molecule has 1 heterocycles. The van der Waals surface area contributed by atoms with Gasteiger partial charge in [0, 0.05) is 26.7 Å². The molecule has 5 heteroatoms. The normalized spacial score (nSPS) is 18.9. The van der Waals surface area contributed by atoms with Crippen LogP contribution in [0.25, 0.3) is 0 Å². The van der Waals surface area contributed by atoms with Crippen LogP contribution in [0.15, 0.2) is 29.3 Å². The van der Waals surface area contributed by atoms with Gasteiger partial charge in [-0.15, -0.1) is 24.0 Å². The molecular formula is C17H29IN4. The van der Waals surface area contributed by atoms with Crippen molar-refractivity contribution in [3.8, 4) is 0 Å². The SMILES string of the molecule is CCc1ccccc1CNC(=NC)NCC1CCN(C)C1.I. The number of aliphatic imine (C=N–C) groups is 1. The van der Waals surface area contributed by atoms with E-state index in [-0.39, 0.29) is 24.0 Å². The predicted octanol–water partition coefficient (Wildman–Crippen LogP) is 2.48. The Morgan fingerprint density at radius 2 is 2.00 bits per heavy atom. The Labute approximate surface area is 151 Å². The quantitative estimate of drug-likeness (QED) is 0.440. The first-order valence-corrected chi connectivity index (χ1v) is 7.92. The van der Waals surface area contributed by atoms with Gasteiger partial charge in [-0.3, -0.25) is 4.99 Å². The van der Waals surface area contributed by atoms with Gasteiger partial charge in [-0.05, 0) is 43.5 Å². The van der Waals surface area contributed by atoms with Gasteiger partial charge in [-0.1, -0.05) is 31.2 Å². The summed E-state index contributed by atoms with van der Waals surface area (Å²) in [5.74, 6) is 1.63. The fourth-order valence-electron chi connectivity index (χ4n) is 2.91. The van der Waals surface area contributed by atoms with Gasteiger partial charge in [-0.25, -0.2) is 0 Å². The van der Waals surface area contributed by atoms with Gasteiger partial charge in [0.1, 0.15) is 0 Å². The average molecular weight is 416 g/mol. The summed E-state index contributed by atoms with van der Waals surface area (Å²) in [5.41, 5.74) is 2.75. The Kier molecular flexibility index (Phi) is 8.78. The second-order valence-electron chi connectivity index (χ2n) is 5.85. The molecule has 1 fully saturated rings. The molecule has 1 aromatic rings. The van der Waals surface area contributed by atoms with Crippen LogP contribution in [0.3, 0.4) is 0 Å². The molecule has 1 aliphatic rings. The molecule has 0 amide bonds. The van der Waals surface area contributed by atoms with Crippen LogP contribution in [0, 0.1) is 5.92 Å². The van der Waals surface area contributed by atoms with Crippen LogP contribution in [0.1, 0.15) is 24.5 Å². The van der Waals surface area contributed by atoms with Crippen LogP contribution in [0.2, 0.25) is 0 Å². The van der Waals surface area contributed by atoms with Crippen molar-refractivity contribution >= 4 is 29.9 Å². The van der Waals surface area contributed by atoms with E-state index < -0.39 is 0 Å². The zero-order chi connectivity index (χ0) is 15.1. The summed E-state index contributed by atoms with van der Waals surface area (Å²) in [7, 11) is 4.02. The standard InChI is InChI=1S/C17H28N4.HI/c1-4-15-7-5-6-8-16(15)12-20-17(18-2)19-11-14-9-10-21(3)13-14;/h5-8,14H,4,9-13H2,1-3H3,(H2,18,19,20);1H. The van der Waals surface area contributed by atoms with E-state index >= 15 is 0 Å². The van der Waals surface area contributed by atoms with E-state index in [9.17, 15) is 0 Å². The summed E-state index contributed by atoms with van der Waals surface area (Å²) < 4.78 is 0. The first-order valence-electron chi connectivity index (χ1n) is 7.92. The summed E-state index contributed by atoms with van der Waals surface area (Å²) in [6.07, 6.45) is 2.34. The van der Waals surface area contributed by atoms with E-state index in [1.165, 1.54) is 30.6 Å². The summed E-state index contributed by atoms with van der Waals surface area (Å²) >= 11 is 0. The number of aryl methyl sites for hydroxylation is 1. The largest absolute Gasteiger partial charge is 0.356 e. The number of guanidine groups is 1. The number of benzene rings is 1. The molecule has 2 N–H and O–H groups in total. The predicted molar refractivity (Wildman–Crippen MR) is 105 cm³/mol. The second kappa shape index (κ2) is 10.0. The molecule has 0 saturated carbocycles. The maximum Gasteiger partial charge on any atom is 0.191 e. The molecule has 1 aromatic carbocycles. The van der Waals surface area contributed by atoms with Crippen molar-refractivity contribution < 1.29 is 0 Å². The van der Waals surface area contributed by atoms with Crippen molar-refractivity contribution in [2.24, 2.45) is 10.9 Å². The third-order valence-electron chi connectivity index (χ3n) is 4.22. The van der Waals surface area contributed by atoms with Crippen molar-refractivity contribution in [3.05, 3.63) is 35.4 Å². The first kappa shape index (κ1) is 19.2. The zero-order valence-electron chi connectivity index (χ0n) is 13.9. The van der Waals surface area contributed by atoms with E-state index in [1.54, 1.807) is 0 Å². The maximum absolute atomic E-state index is 4.32. The molecule has 0 radical (unpaired) electrons. The molecule has 1 saturated heterocycles. The Morgan fingerprint density at radius 3 is 2.59 bits per heavy atom. The highest BCUT2D eigenvalue weighted by atomic mass is 127. The lowest BCUT2D eigenvalue weighted by Crippen LogP contribution is -2.39. The molecule has 22 heavy (non-hydrogen) atoms. The minimum atomic E-state index is 0. The van der Waals surface area contributed by atoms with Crippen LogP contribution in [0.4, 0.5) is 0 Å². The van der Waals surface area contributed by atoms with Crippen LogP contribution in [0.5, 0.6) is 0 Å². The van der Waals surface area contributed by atoms with Crippen LogP contribution >= 0.6 is 24.0 Å². The smallest absolute Gasteiger partial charge is 0.191 e. The third-order valence-corrected chi connectivity index (χ3v) is 4.22. The van der Waals surface area contributed by atoms with Gasteiger partial charge in [0.15, 0.2) is 5.96 Å². The number of nitrogens with one attached hydrogen (secondary N) is 2. The molecule has 0 bridgehead atoms.